The molecule has 0 saturated carbocycles. The van der Waals surface area contributed by atoms with E-state index in [2.05, 4.69) is 9.97 Å². The van der Waals surface area contributed by atoms with Gasteiger partial charge in [0.15, 0.2) is 11.6 Å². The third-order valence-corrected chi connectivity index (χ3v) is 2.32. The summed E-state index contributed by atoms with van der Waals surface area (Å²) in [6.07, 6.45) is 1.83. The number of nitriles is 1. The standard InChI is InChI=1S/C12H10FN3O/c1-17-11-3-2-8(6-10(11)13)12-15-7-9(16-12)4-5-14/h2-3,6-7H,4H2,1H3,(H,15,16). The van der Waals surface area contributed by atoms with E-state index in [0.29, 0.717) is 17.1 Å². The van der Waals surface area contributed by atoms with Gasteiger partial charge in [0, 0.05) is 17.5 Å². The fourth-order valence-electron chi connectivity index (χ4n) is 1.49. The van der Waals surface area contributed by atoms with Crippen LogP contribution >= 0.6 is 0 Å². The summed E-state index contributed by atoms with van der Waals surface area (Å²) in [7, 11) is 1.41. The predicted octanol–water partition coefficient (Wildman–Crippen LogP) is 2.29. The van der Waals surface area contributed by atoms with Crippen LogP contribution in [-0.4, -0.2) is 17.1 Å². The quantitative estimate of drug-likeness (QED) is 0.881. The summed E-state index contributed by atoms with van der Waals surface area (Å²) < 4.78 is 18.3. The number of nitrogens with zero attached hydrogens (tertiary/aromatic N) is 2. The lowest BCUT2D eigenvalue weighted by molar-refractivity contribution is 0.386. The largest absolute Gasteiger partial charge is 0.494 e. The molecule has 0 bridgehead atoms. The lowest BCUT2D eigenvalue weighted by atomic mass is 10.2. The van der Waals surface area contributed by atoms with Gasteiger partial charge in [-0.1, -0.05) is 0 Å². The first-order valence-electron chi connectivity index (χ1n) is 4.99. The average Bonchev–Trinajstić information content (AvgIpc) is 2.78. The highest BCUT2D eigenvalue weighted by Crippen LogP contribution is 2.23. The minimum absolute atomic E-state index is 0.192. The van der Waals surface area contributed by atoms with Crippen LogP contribution in [0.15, 0.2) is 24.4 Å². The molecule has 0 radical (unpaired) electrons. The number of rotatable bonds is 3. The first kappa shape index (κ1) is 11.1. The third-order valence-electron chi connectivity index (χ3n) is 2.32. The zero-order chi connectivity index (χ0) is 12.3. The van der Waals surface area contributed by atoms with Crippen molar-refractivity contribution < 1.29 is 9.13 Å². The van der Waals surface area contributed by atoms with Crippen molar-refractivity contribution >= 4 is 0 Å². The van der Waals surface area contributed by atoms with Crippen molar-refractivity contribution in [1.29, 1.82) is 5.26 Å². The number of halogens is 1. The molecular weight excluding hydrogens is 221 g/mol. The average molecular weight is 231 g/mol. The monoisotopic (exact) mass is 231 g/mol. The molecule has 4 nitrogen and oxygen atoms in total. The Kier molecular flexibility index (Phi) is 3.06. The zero-order valence-electron chi connectivity index (χ0n) is 9.20. The molecule has 0 atom stereocenters. The van der Waals surface area contributed by atoms with Crippen LogP contribution in [0.25, 0.3) is 11.4 Å². The fraction of sp³-hybridized carbons (Fsp3) is 0.167. The van der Waals surface area contributed by atoms with Crippen molar-refractivity contribution in [3.05, 3.63) is 35.9 Å². The van der Waals surface area contributed by atoms with Crippen LogP contribution in [0.5, 0.6) is 5.75 Å². The van der Waals surface area contributed by atoms with E-state index >= 15 is 0 Å². The van der Waals surface area contributed by atoms with Crippen LogP contribution in [0.3, 0.4) is 0 Å². The van der Waals surface area contributed by atoms with Gasteiger partial charge in [0.05, 0.1) is 19.6 Å². The van der Waals surface area contributed by atoms with Crippen LogP contribution < -0.4 is 4.74 Å². The Morgan fingerprint density at radius 1 is 1.53 bits per heavy atom. The topological polar surface area (TPSA) is 61.7 Å². The van der Waals surface area contributed by atoms with Gasteiger partial charge in [0.25, 0.3) is 0 Å². The number of benzene rings is 1. The van der Waals surface area contributed by atoms with E-state index in [9.17, 15) is 4.39 Å². The van der Waals surface area contributed by atoms with E-state index < -0.39 is 5.82 Å². The summed E-state index contributed by atoms with van der Waals surface area (Å²) in [6, 6.07) is 6.60. The van der Waals surface area contributed by atoms with Crippen LogP contribution in [0, 0.1) is 17.1 Å². The lowest BCUT2D eigenvalue weighted by Crippen LogP contribution is -1.89. The number of methoxy groups -OCH3 is 1. The second kappa shape index (κ2) is 4.66. The summed E-state index contributed by atoms with van der Waals surface area (Å²) >= 11 is 0. The van der Waals surface area contributed by atoms with E-state index in [4.69, 9.17) is 10.00 Å². The number of aromatic nitrogens is 2. The molecule has 0 aliphatic carbocycles. The van der Waals surface area contributed by atoms with E-state index in [0.717, 1.165) is 0 Å². The summed E-state index contributed by atoms with van der Waals surface area (Å²) in [6.45, 7) is 0. The molecule has 0 aliphatic heterocycles. The van der Waals surface area contributed by atoms with Crippen molar-refractivity contribution in [3.63, 3.8) is 0 Å². The number of hydrogen-bond acceptors (Lipinski definition) is 3. The zero-order valence-corrected chi connectivity index (χ0v) is 9.20. The molecule has 1 aromatic carbocycles. The van der Waals surface area contributed by atoms with Crippen molar-refractivity contribution in [1.82, 2.24) is 9.97 Å². The summed E-state index contributed by atoms with van der Waals surface area (Å²) in [5.41, 5.74) is 1.33. The second-order valence-corrected chi connectivity index (χ2v) is 3.44. The Morgan fingerprint density at radius 2 is 2.35 bits per heavy atom. The first-order chi connectivity index (χ1) is 8.24. The van der Waals surface area contributed by atoms with Crippen LogP contribution in [0.1, 0.15) is 5.69 Å². The van der Waals surface area contributed by atoms with Gasteiger partial charge in [-0.15, -0.1) is 0 Å². The molecule has 0 aliphatic rings. The molecule has 86 valence electrons. The van der Waals surface area contributed by atoms with Crippen molar-refractivity contribution in [2.24, 2.45) is 0 Å². The molecule has 1 aromatic heterocycles. The van der Waals surface area contributed by atoms with Gasteiger partial charge in [-0.25, -0.2) is 9.37 Å². The normalized spacial score (nSPS) is 9.94. The molecular formula is C12H10FN3O. The maximum absolute atomic E-state index is 13.5. The molecule has 5 heteroatoms. The van der Waals surface area contributed by atoms with E-state index in [1.54, 1.807) is 12.3 Å². The van der Waals surface area contributed by atoms with Crippen LogP contribution in [-0.2, 0) is 6.42 Å². The molecule has 0 amide bonds. The second-order valence-electron chi connectivity index (χ2n) is 3.44. The van der Waals surface area contributed by atoms with Gasteiger partial charge in [-0.3, -0.25) is 0 Å². The van der Waals surface area contributed by atoms with Crippen LogP contribution in [0.4, 0.5) is 4.39 Å². The molecule has 1 heterocycles. The first-order valence-corrected chi connectivity index (χ1v) is 4.99. The number of hydrogen-bond donors (Lipinski definition) is 1. The number of nitrogens with one attached hydrogen (secondary N) is 1. The Bertz CT molecular complexity index is 571. The smallest absolute Gasteiger partial charge is 0.165 e. The molecule has 17 heavy (non-hydrogen) atoms. The SMILES string of the molecule is COc1ccc(-c2ncc(CC#N)[nH]2)cc1F. The van der Waals surface area contributed by atoms with Crippen LogP contribution in [0.2, 0.25) is 0 Å². The highest BCUT2D eigenvalue weighted by atomic mass is 19.1. The third kappa shape index (κ3) is 2.26. The highest BCUT2D eigenvalue weighted by molar-refractivity contribution is 5.57. The molecule has 2 aromatic rings. The van der Waals surface area contributed by atoms with Gasteiger partial charge >= 0.3 is 0 Å². The summed E-state index contributed by atoms with van der Waals surface area (Å²) in [5.74, 6) is 0.289. The molecule has 2 rings (SSSR count). The highest BCUT2D eigenvalue weighted by Gasteiger charge is 2.07. The number of ether oxygens (including phenoxy) is 1. The molecule has 1 N–H and O–H groups in total. The molecule has 0 spiro atoms. The fourth-order valence-corrected chi connectivity index (χ4v) is 1.49. The summed E-state index contributed by atoms with van der Waals surface area (Å²) in [4.78, 5) is 7.04. The predicted molar refractivity (Wildman–Crippen MR) is 59.9 cm³/mol. The van der Waals surface area contributed by atoms with E-state index in [1.807, 2.05) is 6.07 Å². The lowest BCUT2D eigenvalue weighted by Gasteiger charge is -2.02. The molecule has 0 unspecified atom stereocenters. The Balaban J connectivity index is 2.33. The maximum atomic E-state index is 13.5. The molecule has 0 fully saturated rings. The minimum atomic E-state index is -0.441. The van der Waals surface area contributed by atoms with Crippen molar-refractivity contribution in [2.45, 2.75) is 6.42 Å². The minimum Gasteiger partial charge on any atom is -0.494 e. The number of aromatic amines is 1. The maximum Gasteiger partial charge on any atom is 0.165 e. The van der Waals surface area contributed by atoms with Gasteiger partial charge in [0.2, 0.25) is 0 Å². The molecule has 0 saturated heterocycles. The summed E-state index contributed by atoms with van der Waals surface area (Å²) in [5, 5.41) is 8.54. The Hall–Kier alpha value is -2.35. The van der Waals surface area contributed by atoms with E-state index in [1.165, 1.54) is 19.2 Å². The van der Waals surface area contributed by atoms with Gasteiger partial charge in [0.1, 0.15) is 5.82 Å². The van der Waals surface area contributed by atoms with Crippen molar-refractivity contribution in [3.8, 4) is 23.2 Å². The van der Waals surface area contributed by atoms with E-state index in [-0.39, 0.29) is 12.2 Å². The number of H-pyrrole nitrogens is 1. The van der Waals surface area contributed by atoms with Gasteiger partial charge in [-0.05, 0) is 18.2 Å². The number of imidazole rings is 1. The Labute approximate surface area is 97.7 Å². The Morgan fingerprint density at radius 3 is 3.00 bits per heavy atom. The van der Waals surface area contributed by atoms with Gasteiger partial charge in [-0.2, -0.15) is 5.26 Å². The van der Waals surface area contributed by atoms with Crippen molar-refractivity contribution in [2.75, 3.05) is 7.11 Å². The van der Waals surface area contributed by atoms with Gasteiger partial charge < -0.3 is 9.72 Å².